The summed E-state index contributed by atoms with van der Waals surface area (Å²) in [6, 6.07) is 1.14. The molecule has 4 N–H and O–H groups in total. The van der Waals surface area contributed by atoms with Crippen molar-refractivity contribution in [2.45, 2.75) is 51.4 Å². The number of nitrogen functional groups attached to an aromatic ring is 1. The van der Waals surface area contributed by atoms with Crippen LogP contribution >= 0.6 is 11.6 Å². The van der Waals surface area contributed by atoms with Crippen molar-refractivity contribution >= 4 is 29.1 Å². The molecule has 4 rings (SSSR count). The second kappa shape index (κ2) is 8.26. The van der Waals surface area contributed by atoms with Crippen LogP contribution in [0.1, 0.15) is 38.8 Å². The molecule has 2 saturated heterocycles. The van der Waals surface area contributed by atoms with Crippen molar-refractivity contribution in [3.05, 3.63) is 10.8 Å². The fraction of sp³-hybridized carbons (Fsp3) is 0.722. The summed E-state index contributed by atoms with van der Waals surface area (Å²) in [5.41, 5.74) is 9.37. The first-order chi connectivity index (χ1) is 13.6. The minimum Gasteiger partial charge on any atom is -0.450 e. The lowest BCUT2D eigenvalue weighted by Gasteiger charge is -2.46. The fourth-order valence-corrected chi connectivity index (χ4v) is 4.55. The highest BCUT2D eigenvalue weighted by Gasteiger charge is 2.33. The van der Waals surface area contributed by atoms with E-state index in [0.29, 0.717) is 34.6 Å². The van der Waals surface area contributed by atoms with Crippen LogP contribution in [0.2, 0.25) is 5.15 Å². The molecule has 1 aromatic heterocycles. The van der Waals surface area contributed by atoms with Gasteiger partial charge in [0.05, 0.1) is 0 Å². The van der Waals surface area contributed by atoms with Gasteiger partial charge in [-0.25, -0.2) is 9.97 Å². The van der Waals surface area contributed by atoms with Crippen LogP contribution in [0.5, 0.6) is 0 Å². The summed E-state index contributed by atoms with van der Waals surface area (Å²) in [6.45, 7) is 9.05. The standard InChI is InChI=1S/C18H29ClN8O/c1-3-12-10-26(8-9-27(12)13-4-6-21-7-5-13)17-15(19)22-14(16(20)23-17)18-25-24-11(2)28-18/h11-13,21,24H,3-10H2,1-2H3,(H2,20,23)/t11?,12-/m0/s1. The minimum atomic E-state index is -0.219. The van der Waals surface area contributed by atoms with Crippen LogP contribution in [0, 0.1) is 0 Å². The number of aromatic nitrogens is 2. The van der Waals surface area contributed by atoms with Gasteiger partial charge in [0.25, 0.3) is 5.90 Å². The van der Waals surface area contributed by atoms with Gasteiger partial charge in [0, 0.05) is 31.7 Å². The average Bonchev–Trinajstić information content (AvgIpc) is 3.15. The predicted octanol–water partition coefficient (Wildman–Crippen LogP) is 0.992. The summed E-state index contributed by atoms with van der Waals surface area (Å²) in [7, 11) is 0. The van der Waals surface area contributed by atoms with Gasteiger partial charge in [0.2, 0.25) is 0 Å². The number of piperazine rings is 1. The molecule has 1 unspecified atom stereocenters. The molecule has 4 heterocycles. The lowest BCUT2D eigenvalue weighted by atomic mass is 9.99. The number of hydrogen-bond donors (Lipinski definition) is 3. The molecule has 154 valence electrons. The second-order valence-corrected chi connectivity index (χ2v) is 7.96. The first kappa shape index (κ1) is 19.5. The highest BCUT2D eigenvalue weighted by molar-refractivity contribution is 6.32. The van der Waals surface area contributed by atoms with E-state index in [4.69, 9.17) is 22.1 Å². The van der Waals surface area contributed by atoms with Gasteiger partial charge in [-0.05, 0) is 39.3 Å². The van der Waals surface area contributed by atoms with Gasteiger partial charge in [0.15, 0.2) is 28.7 Å². The molecule has 9 nitrogen and oxygen atoms in total. The summed E-state index contributed by atoms with van der Waals surface area (Å²) in [4.78, 5) is 13.9. The van der Waals surface area contributed by atoms with E-state index in [9.17, 15) is 0 Å². The van der Waals surface area contributed by atoms with Crippen LogP contribution in [0.4, 0.5) is 11.6 Å². The molecule has 0 bridgehead atoms. The third kappa shape index (κ3) is 3.83. The first-order valence-corrected chi connectivity index (χ1v) is 10.5. The Morgan fingerprint density at radius 3 is 2.71 bits per heavy atom. The SMILES string of the molecule is CC[C@H]1CN(c2nc(N)c(C3=NNC(C)O3)nc2Cl)CCN1C1CCNCC1. The molecular formula is C18H29ClN8O. The van der Waals surface area contributed by atoms with Crippen molar-refractivity contribution in [1.29, 1.82) is 0 Å². The Bertz CT molecular complexity index is 739. The van der Waals surface area contributed by atoms with Crippen molar-refractivity contribution in [1.82, 2.24) is 25.6 Å². The molecule has 0 saturated carbocycles. The summed E-state index contributed by atoms with van der Waals surface area (Å²) in [6.07, 6.45) is 3.30. The first-order valence-electron chi connectivity index (χ1n) is 10.1. The Hall–Kier alpha value is -1.84. The third-order valence-electron chi connectivity index (χ3n) is 5.78. The number of ether oxygens (including phenoxy) is 1. The lowest BCUT2D eigenvalue weighted by Crippen LogP contribution is -2.58. The van der Waals surface area contributed by atoms with E-state index < -0.39 is 0 Å². The molecule has 1 aromatic rings. The highest BCUT2D eigenvalue weighted by atomic mass is 35.5. The molecule has 0 aromatic carbocycles. The minimum absolute atomic E-state index is 0.219. The predicted molar refractivity (Wildman–Crippen MR) is 111 cm³/mol. The number of nitrogens with zero attached hydrogens (tertiary/aromatic N) is 5. The van der Waals surface area contributed by atoms with Crippen LogP contribution in [-0.4, -0.2) is 71.8 Å². The van der Waals surface area contributed by atoms with Crippen LogP contribution < -0.4 is 21.4 Å². The van der Waals surface area contributed by atoms with Gasteiger partial charge in [-0.3, -0.25) is 10.3 Å². The van der Waals surface area contributed by atoms with Crippen LogP contribution in [0.25, 0.3) is 0 Å². The van der Waals surface area contributed by atoms with Gasteiger partial charge in [-0.2, -0.15) is 0 Å². The van der Waals surface area contributed by atoms with Crippen molar-refractivity contribution in [2.75, 3.05) is 43.4 Å². The quantitative estimate of drug-likeness (QED) is 0.677. The number of hydrogen-bond acceptors (Lipinski definition) is 9. The molecule has 2 atom stereocenters. The maximum absolute atomic E-state index is 6.50. The summed E-state index contributed by atoms with van der Waals surface area (Å²) in [5, 5.41) is 7.88. The number of rotatable bonds is 4. The molecule has 28 heavy (non-hydrogen) atoms. The van der Waals surface area contributed by atoms with Crippen LogP contribution in [0.15, 0.2) is 5.10 Å². The van der Waals surface area contributed by atoms with E-state index in [1.54, 1.807) is 0 Å². The lowest BCUT2D eigenvalue weighted by molar-refractivity contribution is 0.0936. The van der Waals surface area contributed by atoms with Crippen molar-refractivity contribution in [3.8, 4) is 0 Å². The van der Waals surface area contributed by atoms with Crippen molar-refractivity contribution in [3.63, 3.8) is 0 Å². The summed E-state index contributed by atoms with van der Waals surface area (Å²) >= 11 is 6.50. The van der Waals surface area contributed by atoms with Crippen molar-refractivity contribution < 1.29 is 4.74 Å². The second-order valence-electron chi connectivity index (χ2n) is 7.61. The Labute approximate surface area is 170 Å². The van der Waals surface area contributed by atoms with Gasteiger partial charge < -0.3 is 20.7 Å². The van der Waals surface area contributed by atoms with Gasteiger partial charge in [-0.1, -0.05) is 18.5 Å². The molecule has 3 aliphatic heterocycles. The van der Waals surface area contributed by atoms with Crippen molar-refractivity contribution in [2.24, 2.45) is 5.10 Å². The maximum atomic E-state index is 6.50. The zero-order valence-electron chi connectivity index (χ0n) is 16.5. The highest BCUT2D eigenvalue weighted by Crippen LogP contribution is 2.29. The molecule has 3 aliphatic rings. The normalized spacial score (nSPS) is 26.7. The molecule has 2 fully saturated rings. The molecule has 0 amide bonds. The Morgan fingerprint density at radius 1 is 1.25 bits per heavy atom. The molecule has 10 heteroatoms. The number of nitrogens with one attached hydrogen (secondary N) is 2. The summed E-state index contributed by atoms with van der Waals surface area (Å²) in [5.74, 6) is 1.25. The average molecular weight is 409 g/mol. The molecule has 0 radical (unpaired) electrons. The summed E-state index contributed by atoms with van der Waals surface area (Å²) < 4.78 is 5.56. The van der Waals surface area contributed by atoms with E-state index in [1.165, 1.54) is 12.8 Å². The number of anilines is 2. The van der Waals surface area contributed by atoms with Gasteiger partial charge in [-0.15, -0.1) is 5.10 Å². The monoisotopic (exact) mass is 408 g/mol. The number of nitrogens with two attached hydrogens (primary N) is 1. The van der Waals surface area contributed by atoms with E-state index in [1.807, 2.05) is 6.92 Å². The smallest absolute Gasteiger partial charge is 0.262 e. The largest absolute Gasteiger partial charge is 0.450 e. The zero-order chi connectivity index (χ0) is 19.7. The number of piperidine rings is 1. The van der Waals surface area contributed by atoms with E-state index in [-0.39, 0.29) is 12.0 Å². The Morgan fingerprint density at radius 2 is 2.04 bits per heavy atom. The third-order valence-corrected chi connectivity index (χ3v) is 6.03. The Kier molecular flexibility index (Phi) is 5.75. The molecule has 0 spiro atoms. The van der Waals surface area contributed by atoms with E-state index >= 15 is 0 Å². The molecule has 0 aliphatic carbocycles. The van der Waals surface area contributed by atoms with Gasteiger partial charge >= 0.3 is 0 Å². The molecular weight excluding hydrogens is 380 g/mol. The van der Waals surface area contributed by atoms with Crippen LogP contribution in [-0.2, 0) is 4.74 Å². The number of hydrazone groups is 1. The topological polar surface area (TPSA) is 104 Å². The van der Waals surface area contributed by atoms with Crippen LogP contribution in [0.3, 0.4) is 0 Å². The Balaban J connectivity index is 1.51. The van der Waals surface area contributed by atoms with E-state index in [2.05, 4.69) is 42.5 Å². The van der Waals surface area contributed by atoms with Gasteiger partial charge in [0.1, 0.15) is 0 Å². The number of halogens is 1. The fourth-order valence-electron chi connectivity index (χ4n) is 4.30. The zero-order valence-corrected chi connectivity index (χ0v) is 17.2. The van der Waals surface area contributed by atoms with E-state index in [0.717, 1.165) is 39.1 Å². The maximum Gasteiger partial charge on any atom is 0.262 e.